The molecule has 0 aromatic rings. The quantitative estimate of drug-likeness (QED) is 0.441. The molecule has 0 bridgehead atoms. The Morgan fingerprint density at radius 2 is 2.50 bits per heavy atom. The normalized spacial score (nSPS) is 25.5. The van der Waals surface area contributed by atoms with E-state index in [-0.39, 0.29) is 0 Å². The van der Waals surface area contributed by atoms with Crippen LogP contribution >= 0.6 is 11.8 Å². The number of rotatable bonds is 0. The van der Waals surface area contributed by atoms with E-state index in [4.69, 9.17) is 7.05 Å². The highest BCUT2D eigenvalue weighted by Gasteiger charge is 2.04. The standard InChI is InChI=1S/C4H7NS/c1-5-2-3-6-4-5/h1H,2-4H2. The Balaban J connectivity index is 2.18. The lowest BCUT2D eigenvalue weighted by Gasteiger charge is -1.98. The van der Waals surface area contributed by atoms with E-state index in [0.717, 1.165) is 12.4 Å². The summed E-state index contributed by atoms with van der Waals surface area (Å²) in [4.78, 5) is 1.82. The highest BCUT2D eigenvalue weighted by atomic mass is 32.2. The lowest BCUT2D eigenvalue weighted by atomic mass is 10.7. The molecule has 1 aliphatic heterocycles. The second kappa shape index (κ2) is 1.85. The molecule has 0 N–H and O–H groups in total. The minimum atomic E-state index is 1.01. The fraction of sp³-hybridized carbons (Fsp3) is 0.750. The number of nitrogens with zero attached hydrogens (tertiary/aromatic N) is 1. The zero-order valence-electron chi connectivity index (χ0n) is 3.55. The van der Waals surface area contributed by atoms with Gasteiger partial charge < -0.3 is 0 Å². The van der Waals surface area contributed by atoms with E-state index in [1.165, 1.54) is 5.75 Å². The molecule has 6 heavy (non-hydrogen) atoms. The number of thioether (sulfide) groups is 1. The van der Waals surface area contributed by atoms with Crippen LogP contribution in [0, 0.1) is 7.05 Å². The zero-order chi connectivity index (χ0) is 4.41. The van der Waals surface area contributed by atoms with Crippen molar-refractivity contribution in [3.05, 3.63) is 7.05 Å². The monoisotopic (exact) mass is 101 g/mol. The van der Waals surface area contributed by atoms with Crippen molar-refractivity contribution in [1.82, 2.24) is 4.90 Å². The van der Waals surface area contributed by atoms with Gasteiger partial charge in [-0.1, -0.05) is 0 Å². The fourth-order valence-electron chi connectivity index (χ4n) is 0.428. The molecular weight excluding hydrogens is 94.1 g/mol. The van der Waals surface area contributed by atoms with Gasteiger partial charge in [0.2, 0.25) is 0 Å². The van der Waals surface area contributed by atoms with Crippen LogP contribution in [0.4, 0.5) is 0 Å². The smallest absolute Gasteiger partial charge is 0.0449 e. The van der Waals surface area contributed by atoms with Gasteiger partial charge in [0.05, 0.1) is 0 Å². The Kier molecular flexibility index (Phi) is 1.37. The van der Waals surface area contributed by atoms with Crippen LogP contribution in [0.2, 0.25) is 0 Å². The van der Waals surface area contributed by atoms with Gasteiger partial charge >= 0.3 is 0 Å². The first-order valence-corrected chi connectivity index (χ1v) is 3.12. The lowest BCUT2D eigenvalue weighted by Crippen LogP contribution is -2.08. The molecule has 1 nitrogen and oxygen atoms in total. The molecule has 0 amide bonds. The predicted molar refractivity (Wildman–Crippen MR) is 28.3 cm³/mol. The van der Waals surface area contributed by atoms with Gasteiger partial charge in [-0.15, -0.1) is 11.8 Å². The molecule has 34 valence electrons. The van der Waals surface area contributed by atoms with Gasteiger partial charge in [-0.2, -0.15) is 0 Å². The first-order chi connectivity index (χ1) is 2.89. The van der Waals surface area contributed by atoms with Crippen molar-refractivity contribution in [1.29, 1.82) is 0 Å². The topological polar surface area (TPSA) is 3.24 Å². The first-order valence-electron chi connectivity index (χ1n) is 1.97. The van der Waals surface area contributed by atoms with Crippen molar-refractivity contribution in [3.8, 4) is 0 Å². The van der Waals surface area contributed by atoms with Crippen molar-refractivity contribution in [3.63, 3.8) is 0 Å². The second-order valence-corrected chi connectivity index (χ2v) is 2.42. The Labute approximate surface area is 42.7 Å². The molecule has 0 atom stereocenters. The fourth-order valence-corrected chi connectivity index (χ4v) is 1.28. The highest BCUT2D eigenvalue weighted by molar-refractivity contribution is 7.99. The van der Waals surface area contributed by atoms with Crippen LogP contribution in [-0.4, -0.2) is 23.1 Å². The summed E-state index contributed by atoms with van der Waals surface area (Å²) in [5.41, 5.74) is 0. The molecular formula is C4H7NS. The molecule has 0 aliphatic carbocycles. The first kappa shape index (κ1) is 4.47. The van der Waals surface area contributed by atoms with Crippen LogP contribution in [0.1, 0.15) is 0 Å². The van der Waals surface area contributed by atoms with E-state index < -0.39 is 0 Å². The molecule has 1 aliphatic rings. The van der Waals surface area contributed by atoms with E-state index >= 15 is 0 Å². The van der Waals surface area contributed by atoms with Gasteiger partial charge in [0.25, 0.3) is 0 Å². The summed E-state index contributed by atoms with van der Waals surface area (Å²) < 4.78 is 0. The van der Waals surface area contributed by atoms with Gasteiger partial charge in [-0.3, -0.25) is 4.90 Å². The Morgan fingerprint density at radius 3 is 2.67 bits per heavy atom. The zero-order valence-corrected chi connectivity index (χ0v) is 4.37. The van der Waals surface area contributed by atoms with Gasteiger partial charge in [-0.25, -0.2) is 0 Å². The van der Waals surface area contributed by atoms with Crippen LogP contribution in [0.15, 0.2) is 0 Å². The van der Waals surface area contributed by atoms with Crippen LogP contribution in [0.25, 0.3) is 0 Å². The average molecular weight is 101 g/mol. The second-order valence-electron chi connectivity index (χ2n) is 1.35. The summed E-state index contributed by atoms with van der Waals surface area (Å²) in [5.74, 6) is 2.22. The van der Waals surface area contributed by atoms with Gasteiger partial charge in [0.1, 0.15) is 0 Å². The Bertz CT molecular complexity index is 40.8. The van der Waals surface area contributed by atoms with Gasteiger partial charge in [0.15, 0.2) is 0 Å². The average Bonchev–Trinajstić information content (AvgIpc) is 1.86. The van der Waals surface area contributed by atoms with Crippen molar-refractivity contribution >= 4 is 11.8 Å². The molecule has 1 heterocycles. The largest absolute Gasteiger partial charge is 0.287 e. The third-order valence-corrected chi connectivity index (χ3v) is 1.77. The molecule has 1 fully saturated rings. The highest BCUT2D eigenvalue weighted by Crippen LogP contribution is 2.10. The van der Waals surface area contributed by atoms with Gasteiger partial charge in [0, 0.05) is 25.2 Å². The van der Waals surface area contributed by atoms with Crippen LogP contribution in [-0.2, 0) is 0 Å². The maximum atomic E-state index is 5.35. The predicted octanol–water partition coefficient (Wildman–Crippen LogP) is 0.661. The third-order valence-electron chi connectivity index (χ3n) is 0.780. The molecule has 0 aromatic carbocycles. The maximum absolute atomic E-state index is 5.35. The van der Waals surface area contributed by atoms with Crippen molar-refractivity contribution in [2.75, 3.05) is 18.2 Å². The lowest BCUT2D eigenvalue weighted by molar-refractivity contribution is 0.484. The van der Waals surface area contributed by atoms with Crippen molar-refractivity contribution in [2.45, 2.75) is 0 Å². The van der Waals surface area contributed by atoms with E-state index in [1.807, 2.05) is 16.7 Å². The summed E-state index contributed by atoms with van der Waals surface area (Å²) in [6.45, 7) is 1.06. The summed E-state index contributed by atoms with van der Waals surface area (Å²) in [7, 11) is 5.35. The summed E-state index contributed by atoms with van der Waals surface area (Å²) in [6, 6.07) is 0. The minimum absolute atomic E-state index is 1.01. The van der Waals surface area contributed by atoms with Gasteiger partial charge in [-0.05, 0) is 0 Å². The Hall–Kier alpha value is 0.310. The summed E-state index contributed by atoms with van der Waals surface area (Å²) in [6.07, 6.45) is 0. The van der Waals surface area contributed by atoms with Crippen LogP contribution in [0.3, 0.4) is 0 Å². The van der Waals surface area contributed by atoms with Crippen molar-refractivity contribution in [2.24, 2.45) is 0 Å². The molecule has 0 unspecified atom stereocenters. The van der Waals surface area contributed by atoms with E-state index in [9.17, 15) is 0 Å². The number of hydrogen-bond acceptors (Lipinski definition) is 2. The molecule has 2 radical (unpaired) electrons. The minimum Gasteiger partial charge on any atom is -0.287 e. The molecule has 0 aromatic heterocycles. The molecule has 1 saturated heterocycles. The summed E-state index contributed by atoms with van der Waals surface area (Å²) >= 11 is 1.88. The van der Waals surface area contributed by atoms with E-state index in [1.54, 1.807) is 0 Å². The number of hydrogen-bond donors (Lipinski definition) is 0. The summed E-state index contributed by atoms with van der Waals surface area (Å²) in [5, 5.41) is 0. The molecule has 1 rings (SSSR count). The van der Waals surface area contributed by atoms with Crippen LogP contribution in [0.5, 0.6) is 0 Å². The van der Waals surface area contributed by atoms with E-state index in [0.29, 0.717) is 0 Å². The SMILES string of the molecule is [CH]N1CCSC1. The Morgan fingerprint density at radius 1 is 1.67 bits per heavy atom. The maximum Gasteiger partial charge on any atom is 0.0449 e. The molecule has 2 heteroatoms. The molecule has 0 saturated carbocycles. The van der Waals surface area contributed by atoms with Crippen LogP contribution < -0.4 is 0 Å². The molecule has 0 spiro atoms. The van der Waals surface area contributed by atoms with E-state index in [2.05, 4.69) is 0 Å². The third kappa shape index (κ3) is 0.884. The van der Waals surface area contributed by atoms with Crippen molar-refractivity contribution < 1.29 is 0 Å².